The Balaban J connectivity index is 0.000000968. The van der Waals surface area contributed by atoms with Gasteiger partial charge in [-0.3, -0.25) is 14.5 Å². The lowest BCUT2D eigenvalue weighted by atomic mass is 10.1. The van der Waals surface area contributed by atoms with Gasteiger partial charge in [0.05, 0.1) is 23.5 Å². The first kappa shape index (κ1) is 24.1. The van der Waals surface area contributed by atoms with Crippen LogP contribution in [0.5, 0.6) is 0 Å². The number of nitrogens with one attached hydrogen (secondary N) is 3. The molecule has 10 heteroatoms. The summed E-state index contributed by atoms with van der Waals surface area (Å²) in [6.45, 7) is 2.67. The molecule has 0 saturated heterocycles. The molecule has 0 unspecified atom stereocenters. The molecule has 3 heterocycles. The molecular weight excluding hydrogens is 447 g/mol. The van der Waals surface area contributed by atoms with Crippen molar-refractivity contribution in [2.45, 2.75) is 26.6 Å². The van der Waals surface area contributed by atoms with E-state index in [1.54, 1.807) is 41.5 Å². The number of nitrogens with zero attached hydrogens (tertiary/aromatic N) is 3. The summed E-state index contributed by atoms with van der Waals surface area (Å²) in [5, 5.41) is 11.3. The Morgan fingerprint density at radius 2 is 2.09 bits per heavy atom. The number of H-pyrrole nitrogens is 1. The van der Waals surface area contributed by atoms with E-state index in [-0.39, 0.29) is 12.5 Å². The summed E-state index contributed by atoms with van der Waals surface area (Å²) in [7, 11) is 1.87. The molecule has 0 bridgehead atoms. The third kappa shape index (κ3) is 6.24. The molecule has 4 aromatic rings. The first-order valence-corrected chi connectivity index (χ1v) is 10.6. The number of pyridine rings is 1. The Kier molecular flexibility index (Phi) is 8.28. The summed E-state index contributed by atoms with van der Waals surface area (Å²) in [4.78, 5) is 28.6. The minimum absolute atomic E-state index is 0.0479. The van der Waals surface area contributed by atoms with Gasteiger partial charge >= 0.3 is 0 Å². The summed E-state index contributed by atoms with van der Waals surface area (Å²) in [5.74, 6) is -0.720. The van der Waals surface area contributed by atoms with Gasteiger partial charge in [0.1, 0.15) is 12.1 Å². The van der Waals surface area contributed by atoms with E-state index in [4.69, 9.17) is 16.4 Å². The molecule has 0 aliphatic heterocycles. The highest BCUT2D eigenvalue weighted by atomic mass is 35.5. The number of hydrogen-bond donors (Lipinski definition) is 3. The monoisotopic (exact) mass is 470 g/mol. The molecular formula is C23H24ClFN6O2. The Hall–Kier alpha value is -3.56. The van der Waals surface area contributed by atoms with E-state index in [2.05, 4.69) is 25.7 Å². The van der Waals surface area contributed by atoms with Crippen LogP contribution in [0.3, 0.4) is 0 Å². The van der Waals surface area contributed by atoms with Crippen molar-refractivity contribution in [3.05, 3.63) is 82.3 Å². The molecule has 172 valence electrons. The van der Waals surface area contributed by atoms with Gasteiger partial charge in [-0.05, 0) is 38.2 Å². The lowest BCUT2D eigenvalue weighted by molar-refractivity contribution is -0.106. The molecule has 4 rings (SSSR count). The van der Waals surface area contributed by atoms with Crippen LogP contribution in [-0.2, 0) is 24.4 Å². The molecule has 0 aliphatic rings. The van der Waals surface area contributed by atoms with Gasteiger partial charge in [0.2, 0.25) is 0 Å². The predicted molar refractivity (Wildman–Crippen MR) is 125 cm³/mol. The first-order valence-electron chi connectivity index (χ1n) is 10.2. The van der Waals surface area contributed by atoms with Gasteiger partial charge in [-0.2, -0.15) is 5.10 Å². The number of aromatic nitrogens is 4. The minimum atomic E-state index is -0.409. The van der Waals surface area contributed by atoms with Crippen LogP contribution in [0.15, 0.2) is 49.1 Å². The highest BCUT2D eigenvalue weighted by molar-refractivity contribution is 6.35. The highest BCUT2D eigenvalue weighted by Gasteiger charge is 2.12. The van der Waals surface area contributed by atoms with Crippen molar-refractivity contribution in [2.75, 3.05) is 7.05 Å². The largest absolute Gasteiger partial charge is 0.360 e. The normalized spacial score (nSPS) is 10.5. The molecule has 33 heavy (non-hydrogen) atoms. The van der Waals surface area contributed by atoms with Crippen LogP contribution < -0.4 is 10.6 Å². The van der Waals surface area contributed by atoms with Crippen molar-refractivity contribution in [3.63, 3.8) is 0 Å². The van der Waals surface area contributed by atoms with E-state index in [0.29, 0.717) is 39.3 Å². The van der Waals surface area contributed by atoms with Crippen LogP contribution in [0.4, 0.5) is 4.39 Å². The highest BCUT2D eigenvalue weighted by Crippen LogP contribution is 2.25. The van der Waals surface area contributed by atoms with Crippen LogP contribution in [0.1, 0.15) is 34.1 Å². The number of benzene rings is 1. The summed E-state index contributed by atoms with van der Waals surface area (Å²) in [5.41, 5.74) is 3.19. The number of fused-ring (bicyclic) bond motifs is 1. The first-order chi connectivity index (χ1) is 15.9. The van der Waals surface area contributed by atoms with E-state index in [0.717, 1.165) is 18.4 Å². The van der Waals surface area contributed by atoms with Crippen molar-refractivity contribution in [3.8, 4) is 0 Å². The van der Waals surface area contributed by atoms with E-state index < -0.39 is 5.82 Å². The average Bonchev–Trinajstić information content (AvgIpc) is 3.39. The smallest absolute Gasteiger partial charge is 0.251 e. The van der Waals surface area contributed by atoms with Gasteiger partial charge in [-0.25, -0.2) is 4.39 Å². The van der Waals surface area contributed by atoms with E-state index in [1.807, 2.05) is 13.2 Å². The second kappa shape index (κ2) is 11.3. The number of halogens is 2. The topological polar surface area (TPSA) is 105 Å². The van der Waals surface area contributed by atoms with Crippen molar-refractivity contribution >= 4 is 34.7 Å². The van der Waals surface area contributed by atoms with Gasteiger partial charge in [0.25, 0.3) is 5.91 Å². The fourth-order valence-electron chi connectivity index (χ4n) is 3.23. The van der Waals surface area contributed by atoms with Crippen LogP contribution in [0, 0.1) is 5.82 Å². The SMILES string of the molecule is CC=O.CNCc1cnn(Cc2cc(C(=O)NCc3cc4c(Cl)c[nH]c4cc3F)ccn2)c1. The number of aromatic amines is 1. The van der Waals surface area contributed by atoms with Gasteiger partial charge in [0, 0.05) is 59.3 Å². The lowest BCUT2D eigenvalue weighted by Gasteiger charge is -2.08. The predicted octanol–water partition coefficient (Wildman–Crippen LogP) is 3.45. The Bertz CT molecular complexity index is 1250. The second-order valence-electron chi connectivity index (χ2n) is 7.16. The third-order valence-corrected chi connectivity index (χ3v) is 5.02. The molecule has 0 saturated carbocycles. The van der Waals surface area contributed by atoms with Crippen molar-refractivity contribution in [1.29, 1.82) is 0 Å². The van der Waals surface area contributed by atoms with Crippen LogP contribution >= 0.6 is 11.6 Å². The minimum Gasteiger partial charge on any atom is -0.360 e. The molecule has 0 aliphatic carbocycles. The maximum absolute atomic E-state index is 14.3. The Morgan fingerprint density at radius 3 is 2.85 bits per heavy atom. The molecule has 1 aromatic carbocycles. The number of aldehydes is 1. The zero-order valence-electron chi connectivity index (χ0n) is 18.2. The Labute approximate surface area is 195 Å². The van der Waals surface area contributed by atoms with Crippen LogP contribution in [0.25, 0.3) is 10.9 Å². The van der Waals surface area contributed by atoms with E-state index in [1.165, 1.54) is 13.0 Å². The van der Waals surface area contributed by atoms with Crippen LogP contribution in [0.2, 0.25) is 5.02 Å². The molecule has 3 N–H and O–H groups in total. The molecule has 0 spiro atoms. The number of amides is 1. The van der Waals surface area contributed by atoms with Gasteiger partial charge in [0.15, 0.2) is 0 Å². The molecule has 1 amide bonds. The molecule has 0 radical (unpaired) electrons. The zero-order valence-corrected chi connectivity index (χ0v) is 19.0. The summed E-state index contributed by atoms with van der Waals surface area (Å²) in [6.07, 6.45) is 7.65. The summed E-state index contributed by atoms with van der Waals surface area (Å²) < 4.78 is 16.1. The quantitative estimate of drug-likeness (QED) is 0.359. The van der Waals surface area contributed by atoms with Crippen molar-refractivity contribution in [1.82, 2.24) is 30.4 Å². The van der Waals surface area contributed by atoms with E-state index in [9.17, 15) is 9.18 Å². The summed E-state index contributed by atoms with van der Waals surface area (Å²) >= 11 is 6.10. The van der Waals surface area contributed by atoms with Gasteiger partial charge in [-0.15, -0.1) is 0 Å². The average molecular weight is 471 g/mol. The standard InChI is InChI=1S/C21H20ClFN6O.C2H4O/c1-24-7-13-8-28-29(11-13)12-16-4-14(2-3-25-16)21(30)27-9-15-5-17-18(22)10-26-20(17)6-19(15)23;1-2-3/h2-6,8,10-11,24,26H,7,9,12H2,1H3,(H,27,30);2H,1H3. The lowest BCUT2D eigenvalue weighted by Crippen LogP contribution is -2.23. The summed E-state index contributed by atoms with van der Waals surface area (Å²) in [6, 6.07) is 6.34. The number of carbonyl (C=O) groups excluding carboxylic acids is 2. The van der Waals surface area contributed by atoms with Gasteiger partial charge < -0.3 is 20.4 Å². The maximum Gasteiger partial charge on any atom is 0.251 e. The van der Waals surface area contributed by atoms with Gasteiger partial charge in [-0.1, -0.05) is 11.6 Å². The number of carbonyl (C=O) groups is 2. The number of hydrogen-bond acceptors (Lipinski definition) is 5. The van der Waals surface area contributed by atoms with Crippen molar-refractivity contribution < 1.29 is 14.0 Å². The fraction of sp³-hybridized carbons (Fsp3) is 0.217. The maximum atomic E-state index is 14.3. The molecule has 0 atom stereocenters. The molecule has 3 aromatic heterocycles. The second-order valence-corrected chi connectivity index (χ2v) is 7.56. The van der Waals surface area contributed by atoms with E-state index >= 15 is 0 Å². The van der Waals surface area contributed by atoms with Crippen LogP contribution in [-0.4, -0.2) is 39.0 Å². The Morgan fingerprint density at radius 1 is 1.30 bits per heavy atom. The zero-order chi connectivity index (χ0) is 23.8. The fourth-order valence-corrected chi connectivity index (χ4v) is 3.44. The molecule has 8 nitrogen and oxygen atoms in total. The number of rotatable bonds is 7. The molecule has 0 fully saturated rings. The van der Waals surface area contributed by atoms with Crippen molar-refractivity contribution in [2.24, 2.45) is 0 Å². The third-order valence-electron chi connectivity index (χ3n) is 4.71.